The number of carbonyl (C=O) groups is 2. The second-order valence-electron chi connectivity index (χ2n) is 11.7. The maximum atomic E-state index is 12.5. The molecule has 10 nitrogen and oxygen atoms in total. The monoisotopic (exact) mass is 555 g/mol. The van der Waals surface area contributed by atoms with Crippen molar-refractivity contribution in [3.05, 3.63) is 24.2 Å². The first-order chi connectivity index (χ1) is 18.6. The second kappa shape index (κ2) is 12.6. The number of hydrogen-bond donors (Lipinski definition) is 1. The van der Waals surface area contributed by atoms with Gasteiger partial charge in [0.2, 0.25) is 11.5 Å². The Bertz CT molecular complexity index is 1200. The first-order valence-corrected chi connectivity index (χ1v) is 17.6. The molecule has 1 aliphatic carbocycles. The Hall–Kier alpha value is -2.81. The molecular formula is C28H41N5O5Si. The zero-order valence-corrected chi connectivity index (χ0v) is 24.6. The highest BCUT2D eigenvalue weighted by Gasteiger charge is 2.54. The van der Waals surface area contributed by atoms with Crippen molar-refractivity contribution >= 4 is 31.5 Å². The van der Waals surface area contributed by atoms with E-state index in [2.05, 4.69) is 48.0 Å². The molecule has 1 aliphatic heterocycles. The molecule has 2 aliphatic rings. The topological polar surface area (TPSA) is 128 Å². The first-order valence-electron chi connectivity index (χ1n) is 14.2. The third-order valence-electron chi connectivity index (χ3n) is 7.40. The number of ether oxygens (including phenoxy) is 2. The fourth-order valence-electron chi connectivity index (χ4n) is 5.57. The summed E-state index contributed by atoms with van der Waals surface area (Å²) in [6.45, 7) is 8.35. The molecule has 0 aromatic carbocycles. The lowest BCUT2D eigenvalue weighted by molar-refractivity contribution is -0.150. The molecule has 3 heterocycles. The van der Waals surface area contributed by atoms with E-state index < -0.39 is 26.1 Å². The average Bonchev–Trinajstić information content (AvgIpc) is 3.62. The van der Waals surface area contributed by atoms with Gasteiger partial charge in [0.15, 0.2) is 14.1 Å². The Morgan fingerprint density at radius 1 is 1.26 bits per heavy atom. The van der Waals surface area contributed by atoms with Gasteiger partial charge in [-0.15, -0.1) is 0 Å². The second-order valence-corrected chi connectivity index (χ2v) is 16.2. The molecule has 0 spiro atoms. The summed E-state index contributed by atoms with van der Waals surface area (Å²) in [6.07, 6.45) is 8.85. The van der Waals surface area contributed by atoms with Crippen LogP contribution in [0, 0.1) is 17.2 Å². The number of esters is 1. The molecule has 2 aromatic rings. The molecule has 11 heteroatoms. The van der Waals surface area contributed by atoms with Gasteiger partial charge in [-0.05, 0) is 57.0 Å². The molecule has 1 amide bonds. The molecular weight excluding hydrogens is 514 g/mol. The van der Waals surface area contributed by atoms with Crippen LogP contribution >= 0.6 is 0 Å². The summed E-state index contributed by atoms with van der Waals surface area (Å²) in [5, 5.41) is 17.8. The van der Waals surface area contributed by atoms with Crippen LogP contribution in [0.5, 0.6) is 0 Å². The van der Waals surface area contributed by atoms with E-state index in [1.807, 2.05) is 0 Å². The molecule has 2 fully saturated rings. The molecule has 212 valence electrons. The summed E-state index contributed by atoms with van der Waals surface area (Å²) >= 11 is 0. The number of nitriles is 1. The third-order valence-corrected chi connectivity index (χ3v) is 8.39. The lowest BCUT2D eigenvalue weighted by Crippen LogP contribution is -2.44. The van der Waals surface area contributed by atoms with E-state index in [4.69, 9.17) is 13.9 Å². The minimum Gasteiger partial charge on any atom is -0.463 e. The average molecular weight is 556 g/mol. The van der Waals surface area contributed by atoms with E-state index in [0.29, 0.717) is 42.2 Å². The van der Waals surface area contributed by atoms with Gasteiger partial charge in [0.25, 0.3) is 0 Å². The van der Waals surface area contributed by atoms with Gasteiger partial charge in [-0.25, -0.2) is 9.50 Å². The van der Waals surface area contributed by atoms with Crippen molar-refractivity contribution in [3.8, 4) is 6.07 Å². The van der Waals surface area contributed by atoms with Crippen LogP contribution in [0.2, 0.25) is 19.6 Å². The molecule has 1 N–H and O–H groups in total. The minimum absolute atomic E-state index is 0.0674. The standard InChI is InChI=1S/C28H41N5O5Si/c1-5-6-7-12-25(34)32-27-22-13-14-23(33(22)31-19-30-27)28(18-29)24(38-39(2,3)4)16-21(37-28)17-36-26(35)15-20-10-8-9-11-20/h13-14,19-21,24H,5-12,15-17H2,1-4H3,(H,30,31,32,34)/t21-,24-,28+/m1/s1. The fourth-order valence-corrected chi connectivity index (χ4v) is 6.68. The summed E-state index contributed by atoms with van der Waals surface area (Å²) in [5.74, 6) is 0.446. The van der Waals surface area contributed by atoms with Gasteiger partial charge >= 0.3 is 5.97 Å². The van der Waals surface area contributed by atoms with Crippen molar-refractivity contribution in [3.63, 3.8) is 0 Å². The van der Waals surface area contributed by atoms with Crippen molar-refractivity contribution in [2.75, 3.05) is 11.9 Å². The van der Waals surface area contributed by atoms with Crippen LogP contribution < -0.4 is 5.32 Å². The van der Waals surface area contributed by atoms with E-state index in [1.165, 1.54) is 19.2 Å². The largest absolute Gasteiger partial charge is 0.463 e. The highest BCUT2D eigenvalue weighted by molar-refractivity contribution is 6.69. The minimum atomic E-state index is -2.09. The van der Waals surface area contributed by atoms with E-state index >= 15 is 0 Å². The van der Waals surface area contributed by atoms with E-state index in [1.54, 1.807) is 16.6 Å². The predicted molar refractivity (Wildman–Crippen MR) is 148 cm³/mol. The summed E-state index contributed by atoms with van der Waals surface area (Å²) in [4.78, 5) is 29.3. The molecule has 0 radical (unpaired) electrons. The number of carbonyl (C=O) groups excluding carboxylic acids is 2. The molecule has 1 saturated heterocycles. The number of unbranched alkanes of at least 4 members (excludes halogenated alkanes) is 2. The van der Waals surface area contributed by atoms with Crippen LogP contribution in [0.1, 0.15) is 76.8 Å². The SMILES string of the molecule is CCCCCC(=O)Nc1ncnn2c([C@]3(C#N)O[C@@H](COC(=O)CC4CCCC4)C[C@H]3O[Si](C)(C)C)ccc12. The van der Waals surface area contributed by atoms with Crippen molar-refractivity contribution in [2.45, 2.75) is 109 Å². The maximum Gasteiger partial charge on any atom is 0.306 e. The molecule has 2 aromatic heterocycles. The Labute approximate surface area is 231 Å². The van der Waals surface area contributed by atoms with Crippen molar-refractivity contribution in [2.24, 2.45) is 5.92 Å². The van der Waals surface area contributed by atoms with Crippen LogP contribution in [0.15, 0.2) is 18.5 Å². The highest BCUT2D eigenvalue weighted by atomic mass is 28.4. The van der Waals surface area contributed by atoms with Gasteiger partial charge < -0.3 is 19.2 Å². The smallest absolute Gasteiger partial charge is 0.306 e. The summed E-state index contributed by atoms with van der Waals surface area (Å²) in [7, 11) is -2.09. The first kappa shape index (κ1) is 29.2. The zero-order chi connectivity index (χ0) is 28.0. The summed E-state index contributed by atoms with van der Waals surface area (Å²) in [5.41, 5.74) is -0.411. The van der Waals surface area contributed by atoms with Gasteiger partial charge in [-0.3, -0.25) is 9.59 Å². The predicted octanol–water partition coefficient (Wildman–Crippen LogP) is 5.10. The Morgan fingerprint density at radius 2 is 2.03 bits per heavy atom. The summed E-state index contributed by atoms with van der Waals surface area (Å²) in [6, 6.07) is 5.93. The van der Waals surface area contributed by atoms with E-state index in [-0.39, 0.29) is 18.5 Å². The normalized spacial score (nSPS) is 23.7. The molecule has 1 saturated carbocycles. The van der Waals surface area contributed by atoms with Crippen molar-refractivity contribution in [1.29, 1.82) is 5.26 Å². The number of rotatable bonds is 12. The zero-order valence-electron chi connectivity index (χ0n) is 23.6. The number of aromatic nitrogens is 3. The van der Waals surface area contributed by atoms with Crippen LogP contribution in [-0.2, 0) is 29.1 Å². The number of anilines is 1. The fraction of sp³-hybridized carbons (Fsp3) is 0.679. The lowest BCUT2D eigenvalue weighted by atomic mass is 9.94. The van der Waals surface area contributed by atoms with Gasteiger partial charge in [-0.1, -0.05) is 32.6 Å². The van der Waals surface area contributed by atoms with E-state index in [0.717, 1.165) is 32.1 Å². The van der Waals surface area contributed by atoms with Gasteiger partial charge in [-0.2, -0.15) is 10.4 Å². The van der Waals surface area contributed by atoms with Crippen LogP contribution in [0.3, 0.4) is 0 Å². The number of nitrogens with one attached hydrogen (secondary N) is 1. The third kappa shape index (κ3) is 7.04. The van der Waals surface area contributed by atoms with Crippen LogP contribution in [0.25, 0.3) is 5.52 Å². The molecule has 0 unspecified atom stereocenters. The Morgan fingerprint density at radius 3 is 2.72 bits per heavy atom. The Kier molecular flexibility index (Phi) is 9.41. The molecule has 39 heavy (non-hydrogen) atoms. The van der Waals surface area contributed by atoms with Crippen LogP contribution in [-0.4, -0.2) is 53.6 Å². The molecule has 0 bridgehead atoms. The quantitative estimate of drug-likeness (QED) is 0.218. The summed E-state index contributed by atoms with van der Waals surface area (Å²) < 4.78 is 20.1. The number of nitrogens with zero attached hydrogens (tertiary/aromatic N) is 4. The van der Waals surface area contributed by atoms with E-state index in [9.17, 15) is 14.9 Å². The van der Waals surface area contributed by atoms with Gasteiger partial charge in [0.05, 0.1) is 17.9 Å². The molecule has 4 rings (SSSR count). The Balaban J connectivity index is 1.56. The highest BCUT2D eigenvalue weighted by Crippen LogP contribution is 2.43. The van der Waals surface area contributed by atoms with Crippen molar-refractivity contribution in [1.82, 2.24) is 14.6 Å². The number of amides is 1. The molecule has 3 atom stereocenters. The van der Waals surface area contributed by atoms with Crippen LogP contribution in [0.4, 0.5) is 5.82 Å². The lowest BCUT2D eigenvalue weighted by Gasteiger charge is -2.32. The number of fused-ring (bicyclic) bond motifs is 1. The van der Waals surface area contributed by atoms with Crippen molar-refractivity contribution < 1.29 is 23.5 Å². The number of hydrogen-bond acceptors (Lipinski definition) is 8. The van der Waals surface area contributed by atoms with Gasteiger partial charge in [0.1, 0.15) is 24.5 Å². The van der Waals surface area contributed by atoms with Gasteiger partial charge in [0, 0.05) is 19.3 Å². The maximum absolute atomic E-state index is 12.5.